The van der Waals surface area contributed by atoms with Crippen LogP contribution in [0.4, 0.5) is 5.69 Å². The van der Waals surface area contributed by atoms with E-state index in [9.17, 15) is 4.79 Å². The lowest BCUT2D eigenvalue weighted by Crippen LogP contribution is -2.07. The van der Waals surface area contributed by atoms with E-state index in [0.29, 0.717) is 29.3 Å². The average molecular weight is 477 g/mol. The second-order valence-corrected chi connectivity index (χ2v) is 8.10. The van der Waals surface area contributed by atoms with E-state index in [2.05, 4.69) is 10.3 Å². The van der Waals surface area contributed by atoms with E-state index in [4.69, 9.17) is 13.9 Å². The monoisotopic (exact) mass is 476 g/mol. The zero-order valence-corrected chi connectivity index (χ0v) is 19.7. The Labute approximate surface area is 208 Å². The standard InChI is InChI=1S/C30H24N2O4/c1-34-25-15-10-23(11-16-25)30-32-27-17-12-24(19-28(27)36-30)31-29(33)18-9-21-7-13-26(14-8-21)35-20-22-5-3-2-4-6-22/h2-19H,20H2,1H3,(H,31,33)/b18-9+. The fourth-order valence-electron chi connectivity index (χ4n) is 3.63. The Hall–Kier alpha value is -4.84. The Kier molecular flexibility index (Phi) is 6.76. The number of carbonyl (C=O) groups is 1. The molecule has 1 N–H and O–H groups in total. The smallest absolute Gasteiger partial charge is 0.248 e. The number of benzene rings is 4. The van der Waals surface area contributed by atoms with Gasteiger partial charge in [0.15, 0.2) is 5.58 Å². The molecule has 0 bridgehead atoms. The summed E-state index contributed by atoms with van der Waals surface area (Å²) in [5, 5.41) is 2.86. The van der Waals surface area contributed by atoms with Crippen LogP contribution in [0.2, 0.25) is 0 Å². The van der Waals surface area contributed by atoms with Crippen LogP contribution in [0.25, 0.3) is 28.6 Å². The summed E-state index contributed by atoms with van der Waals surface area (Å²) in [4.78, 5) is 17.0. The van der Waals surface area contributed by atoms with Crippen LogP contribution in [0.5, 0.6) is 11.5 Å². The predicted molar refractivity (Wildman–Crippen MR) is 141 cm³/mol. The summed E-state index contributed by atoms with van der Waals surface area (Å²) in [7, 11) is 1.62. The minimum Gasteiger partial charge on any atom is -0.497 e. The molecule has 6 heteroatoms. The van der Waals surface area contributed by atoms with Gasteiger partial charge >= 0.3 is 0 Å². The van der Waals surface area contributed by atoms with Gasteiger partial charge in [-0.1, -0.05) is 42.5 Å². The predicted octanol–water partition coefficient (Wildman–Crippen LogP) is 6.73. The molecule has 0 saturated heterocycles. The summed E-state index contributed by atoms with van der Waals surface area (Å²) in [6.45, 7) is 0.509. The lowest BCUT2D eigenvalue weighted by atomic mass is 10.2. The van der Waals surface area contributed by atoms with Crippen LogP contribution < -0.4 is 14.8 Å². The Balaban J connectivity index is 1.19. The van der Waals surface area contributed by atoms with Gasteiger partial charge in [0.2, 0.25) is 11.8 Å². The van der Waals surface area contributed by atoms with Gasteiger partial charge in [-0.25, -0.2) is 4.98 Å². The summed E-state index contributed by atoms with van der Waals surface area (Å²) in [5.74, 6) is 1.80. The highest BCUT2D eigenvalue weighted by molar-refractivity contribution is 6.02. The van der Waals surface area contributed by atoms with Crippen molar-refractivity contribution in [2.45, 2.75) is 6.61 Å². The topological polar surface area (TPSA) is 73.6 Å². The first-order valence-corrected chi connectivity index (χ1v) is 11.5. The molecule has 0 spiro atoms. The number of aromatic nitrogens is 1. The number of anilines is 1. The molecular weight excluding hydrogens is 452 g/mol. The second kappa shape index (κ2) is 10.6. The minimum atomic E-state index is -0.242. The fraction of sp³-hybridized carbons (Fsp3) is 0.0667. The van der Waals surface area contributed by atoms with E-state index in [-0.39, 0.29) is 5.91 Å². The van der Waals surface area contributed by atoms with Gasteiger partial charge in [-0.3, -0.25) is 4.79 Å². The third-order valence-corrected chi connectivity index (χ3v) is 5.55. The molecule has 0 aliphatic heterocycles. The van der Waals surface area contributed by atoms with E-state index < -0.39 is 0 Å². The zero-order valence-electron chi connectivity index (χ0n) is 19.7. The van der Waals surface area contributed by atoms with Gasteiger partial charge in [0, 0.05) is 23.4 Å². The first-order valence-electron chi connectivity index (χ1n) is 11.5. The highest BCUT2D eigenvalue weighted by atomic mass is 16.5. The van der Waals surface area contributed by atoms with E-state index in [1.807, 2.05) is 84.9 Å². The van der Waals surface area contributed by atoms with Crippen molar-refractivity contribution in [1.82, 2.24) is 4.98 Å². The van der Waals surface area contributed by atoms with Crippen molar-refractivity contribution in [3.05, 3.63) is 114 Å². The number of oxazole rings is 1. The van der Waals surface area contributed by atoms with Crippen LogP contribution in [0, 0.1) is 0 Å². The van der Waals surface area contributed by atoms with Crippen LogP contribution in [0.3, 0.4) is 0 Å². The summed E-state index contributed by atoms with van der Waals surface area (Å²) >= 11 is 0. The van der Waals surface area contributed by atoms with Crippen molar-refractivity contribution < 1.29 is 18.7 Å². The van der Waals surface area contributed by atoms with Crippen LogP contribution in [0.15, 0.2) is 108 Å². The van der Waals surface area contributed by atoms with Crippen molar-refractivity contribution in [3.8, 4) is 23.0 Å². The van der Waals surface area contributed by atoms with E-state index in [1.54, 1.807) is 25.3 Å². The van der Waals surface area contributed by atoms with Gasteiger partial charge < -0.3 is 19.2 Å². The van der Waals surface area contributed by atoms with Crippen LogP contribution in [0.1, 0.15) is 11.1 Å². The lowest BCUT2D eigenvalue weighted by molar-refractivity contribution is -0.111. The highest BCUT2D eigenvalue weighted by Crippen LogP contribution is 2.27. The zero-order chi connectivity index (χ0) is 24.7. The molecule has 6 nitrogen and oxygen atoms in total. The highest BCUT2D eigenvalue weighted by Gasteiger charge is 2.10. The molecule has 4 aromatic carbocycles. The molecule has 1 heterocycles. The summed E-state index contributed by atoms with van der Waals surface area (Å²) in [5.41, 5.74) is 4.78. The van der Waals surface area contributed by atoms with Crippen molar-refractivity contribution in [2.75, 3.05) is 12.4 Å². The van der Waals surface area contributed by atoms with Crippen molar-refractivity contribution in [1.29, 1.82) is 0 Å². The number of nitrogens with zero attached hydrogens (tertiary/aromatic N) is 1. The third-order valence-electron chi connectivity index (χ3n) is 5.55. The number of fused-ring (bicyclic) bond motifs is 1. The Morgan fingerprint density at radius 2 is 1.67 bits per heavy atom. The maximum absolute atomic E-state index is 12.5. The fourth-order valence-corrected chi connectivity index (χ4v) is 3.63. The molecule has 1 amide bonds. The number of hydrogen-bond acceptors (Lipinski definition) is 5. The molecule has 0 radical (unpaired) electrons. The van der Waals surface area contributed by atoms with E-state index in [1.165, 1.54) is 6.08 Å². The number of methoxy groups -OCH3 is 1. The molecule has 1 aromatic heterocycles. The SMILES string of the molecule is COc1ccc(-c2nc3ccc(NC(=O)/C=C/c4ccc(OCc5ccccc5)cc4)cc3o2)cc1. The molecule has 0 aliphatic rings. The number of rotatable bonds is 8. The van der Waals surface area contributed by atoms with Gasteiger partial charge in [-0.05, 0) is 65.7 Å². The average Bonchev–Trinajstić information content (AvgIpc) is 3.35. The number of ether oxygens (including phenoxy) is 2. The molecule has 36 heavy (non-hydrogen) atoms. The maximum atomic E-state index is 12.5. The van der Waals surface area contributed by atoms with Crippen molar-refractivity contribution in [2.24, 2.45) is 0 Å². The third kappa shape index (κ3) is 5.62. The molecule has 0 fully saturated rings. The molecule has 0 atom stereocenters. The Morgan fingerprint density at radius 3 is 2.42 bits per heavy atom. The molecule has 178 valence electrons. The van der Waals surface area contributed by atoms with E-state index >= 15 is 0 Å². The first kappa shape index (κ1) is 22.9. The number of hydrogen-bond donors (Lipinski definition) is 1. The molecule has 5 aromatic rings. The minimum absolute atomic E-state index is 0.242. The summed E-state index contributed by atoms with van der Waals surface area (Å²) in [6, 6.07) is 30.5. The number of amides is 1. The van der Waals surface area contributed by atoms with Gasteiger partial charge in [0.05, 0.1) is 7.11 Å². The molecule has 0 saturated carbocycles. The van der Waals surface area contributed by atoms with Gasteiger partial charge in [0.1, 0.15) is 23.6 Å². The van der Waals surface area contributed by atoms with Gasteiger partial charge in [-0.2, -0.15) is 0 Å². The van der Waals surface area contributed by atoms with Gasteiger partial charge in [-0.15, -0.1) is 0 Å². The summed E-state index contributed by atoms with van der Waals surface area (Å²) in [6.07, 6.45) is 3.25. The number of nitrogens with one attached hydrogen (secondary N) is 1. The van der Waals surface area contributed by atoms with Crippen molar-refractivity contribution in [3.63, 3.8) is 0 Å². The molecule has 5 rings (SSSR count). The van der Waals surface area contributed by atoms with Gasteiger partial charge in [0.25, 0.3) is 0 Å². The lowest BCUT2D eigenvalue weighted by Gasteiger charge is -2.06. The largest absolute Gasteiger partial charge is 0.497 e. The second-order valence-electron chi connectivity index (χ2n) is 8.10. The Bertz CT molecular complexity index is 1490. The van der Waals surface area contributed by atoms with Crippen LogP contribution in [-0.2, 0) is 11.4 Å². The molecule has 0 unspecified atom stereocenters. The van der Waals surface area contributed by atoms with Crippen molar-refractivity contribution >= 4 is 28.8 Å². The normalized spacial score (nSPS) is 11.0. The molecule has 0 aliphatic carbocycles. The summed E-state index contributed by atoms with van der Waals surface area (Å²) < 4.78 is 16.9. The Morgan fingerprint density at radius 1 is 0.917 bits per heavy atom. The van der Waals surface area contributed by atoms with E-state index in [0.717, 1.165) is 28.2 Å². The quantitative estimate of drug-likeness (QED) is 0.251. The van der Waals surface area contributed by atoms with Crippen LogP contribution in [-0.4, -0.2) is 18.0 Å². The molecular formula is C30H24N2O4. The first-order chi connectivity index (χ1) is 17.7. The van der Waals surface area contributed by atoms with Crippen LogP contribution >= 0.6 is 0 Å². The number of carbonyl (C=O) groups excluding carboxylic acids is 1. The maximum Gasteiger partial charge on any atom is 0.248 e.